The van der Waals surface area contributed by atoms with E-state index in [-0.39, 0.29) is 0 Å². The standard InChI is InChI=1S/C7H10BrN3/c1-11(2)10-7-4-3-6(8)5-9-7/h3-5H,1-2H3,(H,9,10). The molecule has 1 rings (SSSR count). The van der Waals surface area contributed by atoms with E-state index in [4.69, 9.17) is 0 Å². The summed E-state index contributed by atoms with van der Waals surface area (Å²) in [5.74, 6) is 0.846. The molecular weight excluding hydrogens is 206 g/mol. The van der Waals surface area contributed by atoms with E-state index in [1.165, 1.54) is 0 Å². The molecule has 0 amide bonds. The Bertz CT molecular complexity index is 220. The number of rotatable bonds is 2. The highest BCUT2D eigenvalue weighted by molar-refractivity contribution is 9.10. The quantitative estimate of drug-likeness (QED) is 0.763. The molecule has 1 aromatic heterocycles. The van der Waals surface area contributed by atoms with Gasteiger partial charge in [-0.25, -0.2) is 9.99 Å². The monoisotopic (exact) mass is 215 g/mol. The van der Waals surface area contributed by atoms with E-state index >= 15 is 0 Å². The van der Waals surface area contributed by atoms with Gasteiger partial charge in [0, 0.05) is 24.8 Å². The largest absolute Gasteiger partial charge is 0.304 e. The molecule has 60 valence electrons. The molecule has 0 radical (unpaired) electrons. The highest BCUT2D eigenvalue weighted by Crippen LogP contribution is 2.09. The molecule has 0 spiro atoms. The SMILES string of the molecule is CN(C)Nc1ccc(Br)cn1. The van der Waals surface area contributed by atoms with Crippen LogP contribution in [0.15, 0.2) is 22.8 Å². The van der Waals surface area contributed by atoms with Crippen molar-refractivity contribution in [1.82, 2.24) is 9.99 Å². The molecule has 1 aromatic rings. The predicted molar refractivity (Wildman–Crippen MR) is 49.2 cm³/mol. The second-order valence-electron chi connectivity index (χ2n) is 2.37. The third-order valence-electron chi connectivity index (χ3n) is 1.07. The lowest BCUT2D eigenvalue weighted by Crippen LogP contribution is -2.20. The Morgan fingerprint density at radius 2 is 2.18 bits per heavy atom. The molecule has 11 heavy (non-hydrogen) atoms. The second-order valence-corrected chi connectivity index (χ2v) is 3.28. The first-order chi connectivity index (χ1) is 5.18. The average Bonchev–Trinajstić information content (AvgIpc) is 1.93. The Labute approximate surface area is 74.5 Å². The van der Waals surface area contributed by atoms with E-state index < -0.39 is 0 Å². The molecule has 0 aliphatic heterocycles. The van der Waals surface area contributed by atoms with E-state index in [1.54, 1.807) is 6.20 Å². The summed E-state index contributed by atoms with van der Waals surface area (Å²) < 4.78 is 0.988. The molecule has 0 aromatic carbocycles. The fourth-order valence-electron chi connectivity index (χ4n) is 0.671. The lowest BCUT2D eigenvalue weighted by atomic mass is 10.5. The molecule has 0 unspecified atom stereocenters. The van der Waals surface area contributed by atoms with Crippen LogP contribution in [0.5, 0.6) is 0 Å². The molecule has 1 N–H and O–H groups in total. The molecule has 0 aliphatic carbocycles. The maximum absolute atomic E-state index is 4.12. The van der Waals surface area contributed by atoms with Crippen LogP contribution in [0.25, 0.3) is 0 Å². The summed E-state index contributed by atoms with van der Waals surface area (Å²) in [5.41, 5.74) is 3.03. The van der Waals surface area contributed by atoms with Crippen LogP contribution in [0.1, 0.15) is 0 Å². The van der Waals surface area contributed by atoms with Crippen molar-refractivity contribution in [2.75, 3.05) is 19.5 Å². The highest BCUT2D eigenvalue weighted by Gasteiger charge is 1.92. The van der Waals surface area contributed by atoms with Crippen LogP contribution >= 0.6 is 15.9 Å². The number of nitrogens with zero attached hydrogens (tertiary/aromatic N) is 2. The minimum Gasteiger partial charge on any atom is -0.304 e. The number of aromatic nitrogens is 1. The van der Waals surface area contributed by atoms with Crippen LogP contribution in [0, 0.1) is 0 Å². The van der Waals surface area contributed by atoms with E-state index in [0.29, 0.717) is 0 Å². The van der Waals surface area contributed by atoms with Crippen LogP contribution in [-0.2, 0) is 0 Å². The topological polar surface area (TPSA) is 28.2 Å². The Balaban J connectivity index is 2.66. The minimum atomic E-state index is 0.846. The molecule has 0 bridgehead atoms. The van der Waals surface area contributed by atoms with Gasteiger partial charge in [-0.2, -0.15) is 0 Å². The van der Waals surface area contributed by atoms with Crippen LogP contribution in [0.3, 0.4) is 0 Å². The number of nitrogens with one attached hydrogen (secondary N) is 1. The van der Waals surface area contributed by atoms with Gasteiger partial charge >= 0.3 is 0 Å². The van der Waals surface area contributed by atoms with Crippen LogP contribution in [0.4, 0.5) is 5.82 Å². The van der Waals surface area contributed by atoms with Crippen LogP contribution in [0.2, 0.25) is 0 Å². The summed E-state index contributed by atoms with van der Waals surface area (Å²) in [6.07, 6.45) is 1.76. The second kappa shape index (κ2) is 3.69. The molecule has 0 saturated carbocycles. The summed E-state index contributed by atoms with van der Waals surface area (Å²) in [5, 5.41) is 1.84. The average molecular weight is 216 g/mol. The van der Waals surface area contributed by atoms with Gasteiger partial charge < -0.3 is 5.43 Å². The summed E-state index contributed by atoms with van der Waals surface area (Å²) in [7, 11) is 3.84. The van der Waals surface area contributed by atoms with Crippen molar-refractivity contribution in [3.8, 4) is 0 Å². The number of anilines is 1. The summed E-state index contributed by atoms with van der Waals surface area (Å²) >= 11 is 3.31. The number of halogens is 1. The van der Waals surface area contributed by atoms with Crippen molar-refractivity contribution in [3.63, 3.8) is 0 Å². The van der Waals surface area contributed by atoms with Crippen molar-refractivity contribution >= 4 is 21.7 Å². The third kappa shape index (κ3) is 2.86. The first-order valence-corrected chi connectivity index (χ1v) is 4.03. The minimum absolute atomic E-state index is 0.846. The molecule has 3 nitrogen and oxygen atoms in total. The Morgan fingerprint density at radius 1 is 1.45 bits per heavy atom. The lowest BCUT2D eigenvalue weighted by molar-refractivity contribution is 0.492. The van der Waals surface area contributed by atoms with Crippen molar-refractivity contribution in [2.45, 2.75) is 0 Å². The fraction of sp³-hybridized carbons (Fsp3) is 0.286. The first-order valence-electron chi connectivity index (χ1n) is 3.24. The van der Waals surface area contributed by atoms with Crippen LogP contribution in [-0.4, -0.2) is 24.1 Å². The zero-order valence-corrected chi connectivity index (χ0v) is 8.09. The molecule has 0 fully saturated rings. The number of pyridine rings is 1. The first kappa shape index (κ1) is 8.49. The fourth-order valence-corrected chi connectivity index (χ4v) is 0.906. The summed E-state index contributed by atoms with van der Waals surface area (Å²) in [6, 6.07) is 3.85. The van der Waals surface area contributed by atoms with Gasteiger partial charge in [0.05, 0.1) is 0 Å². The Kier molecular flexibility index (Phi) is 2.84. The normalized spacial score (nSPS) is 10.2. The van der Waals surface area contributed by atoms with Crippen LogP contribution < -0.4 is 5.43 Å². The van der Waals surface area contributed by atoms with Gasteiger partial charge in [0.15, 0.2) is 0 Å². The van der Waals surface area contributed by atoms with E-state index in [9.17, 15) is 0 Å². The molecular formula is C7H10BrN3. The zero-order valence-electron chi connectivity index (χ0n) is 6.50. The van der Waals surface area contributed by atoms with Gasteiger partial charge in [0.2, 0.25) is 0 Å². The molecule has 1 heterocycles. The Hall–Kier alpha value is -0.610. The predicted octanol–water partition coefficient (Wildman–Crippen LogP) is 1.73. The zero-order chi connectivity index (χ0) is 8.27. The Morgan fingerprint density at radius 3 is 2.64 bits per heavy atom. The third-order valence-corrected chi connectivity index (χ3v) is 1.53. The van der Waals surface area contributed by atoms with Gasteiger partial charge in [0.1, 0.15) is 5.82 Å². The van der Waals surface area contributed by atoms with E-state index in [1.807, 2.05) is 31.2 Å². The van der Waals surface area contributed by atoms with Gasteiger partial charge in [-0.1, -0.05) is 0 Å². The summed E-state index contributed by atoms with van der Waals surface area (Å²) in [6.45, 7) is 0. The molecule has 0 aliphatic rings. The highest BCUT2D eigenvalue weighted by atomic mass is 79.9. The van der Waals surface area contributed by atoms with Gasteiger partial charge in [-0.15, -0.1) is 0 Å². The van der Waals surface area contributed by atoms with Crippen molar-refractivity contribution in [3.05, 3.63) is 22.8 Å². The molecule has 0 saturated heterocycles. The van der Waals surface area contributed by atoms with Gasteiger partial charge in [-0.3, -0.25) is 0 Å². The number of hydrogen-bond donors (Lipinski definition) is 1. The molecule has 0 atom stereocenters. The van der Waals surface area contributed by atoms with Gasteiger partial charge in [0.25, 0.3) is 0 Å². The van der Waals surface area contributed by atoms with Gasteiger partial charge in [-0.05, 0) is 28.1 Å². The lowest BCUT2D eigenvalue weighted by Gasteiger charge is -2.11. The number of hydrogen-bond acceptors (Lipinski definition) is 3. The van der Waals surface area contributed by atoms with Crippen molar-refractivity contribution in [1.29, 1.82) is 0 Å². The maximum atomic E-state index is 4.12. The number of hydrazine groups is 1. The smallest absolute Gasteiger partial charge is 0.140 e. The van der Waals surface area contributed by atoms with E-state index in [0.717, 1.165) is 10.3 Å². The molecule has 4 heteroatoms. The van der Waals surface area contributed by atoms with Crippen molar-refractivity contribution < 1.29 is 0 Å². The van der Waals surface area contributed by atoms with E-state index in [2.05, 4.69) is 26.3 Å². The summed E-state index contributed by atoms with van der Waals surface area (Å²) in [4.78, 5) is 4.12. The van der Waals surface area contributed by atoms with Crippen molar-refractivity contribution in [2.24, 2.45) is 0 Å². The maximum Gasteiger partial charge on any atom is 0.140 e.